The highest BCUT2D eigenvalue weighted by Crippen LogP contribution is 2.33. The third kappa shape index (κ3) is 4.19. The molecule has 1 unspecified atom stereocenters. The summed E-state index contributed by atoms with van der Waals surface area (Å²) < 4.78 is 0. The number of benzene rings is 1. The fraction of sp³-hybridized carbons (Fsp3) is 0.500. The number of nitro benzene ring substituents is 1. The van der Waals surface area contributed by atoms with Crippen molar-refractivity contribution >= 4 is 33.8 Å². The first-order chi connectivity index (χ1) is 14.0. The maximum absolute atomic E-state index is 13.0. The molecule has 2 aromatic rings. The van der Waals surface area contributed by atoms with Crippen LogP contribution in [0.1, 0.15) is 30.1 Å². The van der Waals surface area contributed by atoms with Gasteiger partial charge in [0.25, 0.3) is 11.6 Å². The minimum Gasteiger partial charge on any atom is -0.366 e. The Balaban J connectivity index is 1.49. The van der Waals surface area contributed by atoms with E-state index in [2.05, 4.69) is 21.7 Å². The lowest BCUT2D eigenvalue weighted by Crippen LogP contribution is -2.48. The third-order valence-electron chi connectivity index (χ3n) is 5.67. The molecule has 0 spiro atoms. The van der Waals surface area contributed by atoms with Crippen molar-refractivity contribution in [1.82, 2.24) is 9.88 Å². The van der Waals surface area contributed by atoms with Crippen molar-refractivity contribution in [2.45, 2.75) is 19.8 Å². The Hall–Kier alpha value is -2.68. The number of nitro groups is 1. The second-order valence-electron chi connectivity index (χ2n) is 7.75. The summed E-state index contributed by atoms with van der Waals surface area (Å²) in [5.41, 5.74) is 1.02. The topological polar surface area (TPSA) is 82.8 Å². The number of thiazole rings is 1. The highest BCUT2D eigenvalue weighted by molar-refractivity contribution is 7.13. The zero-order valence-electron chi connectivity index (χ0n) is 16.5. The minimum absolute atomic E-state index is 0.0198. The SMILES string of the molecule is CC1CCCN(c2ccc(C(=O)N3CCN(c4nccs4)CC3)cc2[N+](=O)[O-])C1. The molecule has 0 bridgehead atoms. The molecule has 29 heavy (non-hydrogen) atoms. The summed E-state index contributed by atoms with van der Waals surface area (Å²) in [7, 11) is 0. The number of hydrogen-bond donors (Lipinski definition) is 0. The molecule has 2 aliphatic rings. The summed E-state index contributed by atoms with van der Waals surface area (Å²) in [6.45, 7) is 6.39. The molecule has 8 nitrogen and oxygen atoms in total. The number of hydrogen-bond acceptors (Lipinski definition) is 7. The number of piperidine rings is 1. The van der Waals surface area contributed by atoms with Gasteiger partial charge in [-0.15, -0.1) is 11.3 Å². The predicted octanol–water partition coefficient (Wildman–Crippen LogP) is 3.25. The first-order valence-corrected chi connectivity index (χ1v) is 10.9. The third-order valence-corrected chi connectivity index (χ3v) is 6.51. The quantitative estimate of drug-likeness (QED) is 0.563. The lowest BCUT2D eigenvalue weighted by atomic mass is 9.99. The lowest BCUT2D eigenvalue weighted by molar-refractivity contribution is -0.384. The Labute approximate surface area is 173 Å². The van der Waals surface area contributed by atoms with Gasteiger partial charge in [0.1, 0.15) is 5.69 Å². The molecule has 9 heteroatoms. The molecule has 2 aliphatic heterocycles. The van der Waals surface area contributed by atoms with Gasteiger partial charge in [-0.25, -0.2) is 4.98 Å². The van der Waals surface area contributed by atoms with E-state index in [-0.39, 0.29) is 16.5 Å². The zero-order valence-corrected chi connectivity index (χ0v) is 17.3. The van der Waals surface area contributed by atoms with Gasteiger partial charge in [0.2, 0.25) is 0 Å². The van der Waals surface area contributed by atoms with Crippen LogP contribution in [-0.4, -0.2) is 60.0 Å². The van der Waals surface area contributed by atoms with Gasteiger partial charge < -0.3 is 14.7 Å². The maximum Gasteiger partial charge on any atom is 0.293 e. The molecule has 1 aromatic carbocycles. The summed E-state index contributed by atoms with van der Waals surface area (Å²) in [4.78, 5) is 34.6. The standard InChI is InChI=1S/C20H25N5O3S/c1-15-3-2-7-24(14-15)17-5-4-16(13-18(17)25(27)28)19(26)22-8-10-23(11-9-22)20-21-6-12-29-20/h4-6,12-13,15H,2-3,7-11,14H2,1H3. The fourth-order valence-electron chi connectivity index (χ4n) is 4.13. The first-order valence-electron chi connectivity index (χ1n) is 10.00. The van der Waals surface area contributed by atoms with Gasteiger partial charge in [-0.3, -0.25) is 14.9 Å². The Morgan fingerprint density at radius 1 is 1.21 bits per heavy atom. The fourth-order valence-corrected chi connectivity index (χ4v) is 4.83. The number of carbonyl (C=O) groups is 1. The van der Waals surface area contributed by atoms with E-state index >= 15 is 0 Å². The Morgan fingerprint density at radius 3 is 2.66 bits per heavy atom. The molecular weight excluding hydrogens is 390 g/mol. The average Bonchev–Trinajstić information content (AvgIpc) is 3.28. The molecule has 1 atom stereocenters. The van der Waals surface area contributed by atoms with E-state index in [1.807, 2.05) is 5.38 Å². The van der Waals surface area contributed by atoms with Crippen LogP contribution in [0, 0.1) is 16.0 Å². The van der Waals surface area contributed by atoms with Crippen LogP contribution in [-0.2, 0) is 0 Å². The van der Waals surface area contributed by atoms with E-state index in [0.717, 1.165) is 31.1 Å². The van der Waals surface area contributed by atoms with Crippen molar-refractivity contribution in [3.05, 3.63) is 45.5 Å². The number of piperazine rings is 1. The van der Waals surface area contributed by atoms with Crippen LogP contribution >= 0.6 is 11.3 Å². The highest BCUT2D eigenvalue weighted by atomic mass is 32.1. The maximum atomic E-state index is 13.0. The second kappa shape index (κ2) is 8.36. The Morgan fingerprint density at radius 2 is 2.00 bits per heavy atom. The Kier molecular flexibility index (Phi) is 5.66. The largest absolute Gasteiger partial charge is 0.366 e. The summed E-state index contributed by atoms with van der Waals surface area (Å²) >= 11 is 1.59. The van der Waals surface area contributed by atoms with E-state index in [9.17, 15) is 14.9 Å². The average molecular weight is 416 g/mol. The number of nitrogens with zero attached hydrogens (tertiary/aromatic N) is 5. The van der Waals surface area contributed by atoms with Gasteiger partial charge in [-0.05, 0) is 30.9 Å². The van der Waals surface area contributed by atoms with Crippen LogP contribution in [0.2, 0.25) is 0 Å². The van der Waals surface area contributed by atoms with Crippen molar-refractivity contribution in [2.75, 3.05) is 49.1 Å². The smallest absolute Gasteiger partial charge is 0.293 e. The highest BCUT2D eigenvalue weighted by Gasteiger charge is 2.28. The van der Waals surface area contributed by atoms with Crippen molar-refractivity contribution in [2.24, 2.45) is 5.92 Å². The van der Waals surface area contributed by atoms with E-state index in [1.54, 1.807) is 34.6 Å². The van der Waals surface area contributed by atoms with Gasteiger partial charge in [-0.1, -0.05) is 6.92 Å². The van der Waals surface area contributed by atoms with Crippen molar-refractivity contribution in [3.8, 4) is 0 Å². The van der Waals surface area contributed by atoms with Crippen LogP contribution in [0.3, 0.4) is 0 Å². The number of carbonyl (C=O) groups excluding carboxylic acids is 1. The molecular formula is C20H25N5O3S. The van der Waals surface area contributed by atoms with Gasteiger partial charge in [0.05, 0.1) is 4.92 Å². The minimum atomic E-state index is -0.369. The summed E-state index contributed by atoms with van der Waals surface area (Å²) in [5.74, 6) is 0.365. The van der Waals surface area contributed by atoms with Crippen LogP contribution in [0.15, 0.2) is 29.8 Å². The monoisotopic (exact) mass is 415 g/mol. The van der Waals surface area contributed by atoms with E-state index < -0.39 is 0 Å². The zero-order chi connectivity index (χ0) is 20.4. The van der Waals surface area contributed by atoms with Gasteiger partial charge in [0, 0.05) is 62.5 Å². The van der Waals surface area contributed by atoms with Crippen molar-refractivity contribution < 1.29 is 9.72 Å². The van der Waals surface area contributed by atoms with Crippen molar-refractivity contribution in [3.63, 3.8) is 0 Å². The normalized spacial score (nSPS) is 20.0. The van der Waals surface area contributed by atoms with E-state index in [1.165, 1.54) is 6.07 Å². The molecule has 3 heterocycles. The van der Waals surface area contributed by atoms with Crippen LogP contribution < -0.4 is 9.80 Å². The van der Waals surface area contributed by atoms with E-state index in [0.29, 0.717) is 43.3 Å². The molecule has 154 valence electrons. The van der Waals surface area contributed by atoms with Gasteiger partial charge in [-0.2, -0.15) is 0 Å². The summed E-state index contributed by atoms with van der Waals surface area (Å²) in [6.07, 6.45) is 3.96. The number of aromatic nitrogens is 1. The number of rotatable bonds is 4. The van der Waals surface area contributed by atoms with Crippen LogP contribution in [0.5, 0.6) is 0 Å². The lowest BCUT2D eigenvalue weighted by Gasteiger charge is -2.35. The molecule has 2 saturated heterocycles. The van der Waals surface area contributed by atoms with Gasteiger partial charge >= 0.3 is 0 Å². The molecule has 0 saturated carbocycles. The number of amides is 1. The molecule has 1 amide bonds. The first kappa shape index (κ1) is 19.6. The van der Waals surface area contributed by atoms with E-state index in [4.69, 9.17) is 0 Å². The van der Waals surface area contributed by atoms with Crippen LogP contribution in [0.4, 0.5) is 16.5 Å². The summed E-state index contributed by atoms with van der Waals surface area (Å²) in [5, 5.41) is 14.6. The van der Waals surface area contributed by atoms with Crippen molar-refractivity contribution in [1.29, 1.82) is 0 Å². The molecule has 0 N–H and O–H groups in total. The molecule has 4 rings (SSSR count). The second-order valence-corrected chi connectivity index (χ2v) is 8.62. The molecule has 1 aromatic heterocycles. The molecule has 2 fully saturated rings. The Bertz CT molecular complexity index is 880. The molecule has 0 aliphatic carbocycles. The summed E-state index contributed by atoms with van der Waals surface area (Å²) in [6, 6.07) is 4.93. The predicted molar refractivity (Wildman–Crippen MR) is 114 cm³/mol. The van der Waals surface area contributed by atoms with Crippen LogP contribution in [0.25, 0.3) is 0 Å². The van der Waals surface area contributed by atoms with Gasteiger partial charge in [0.15, 0.2) is 5.13 Å². The number of anilines is 2. The molecule has 0 radical (unpaired) electrons.